The molecular weight excluding hydrogens is 340 g/mol. The first-order valence-electron chi connectivity index (χ1n) is 7.67. The van der Waals surface area contributed by atoms with Gasteiger partial charge in [0.15, 0.2) is 6.79 Å². The first kappa shape index (κ1) is 15.8. The van der Waals surface area contributed by atoms with E-state index in [-0.39, 0.29) is 6.79 Å². The molecule has 1 aromatic carbocycles. The monoisotopic (exact) mass is 354 g/mol. The average molecular weight is 355 g/mol. The van der Waals surface area contributed by atoms with Crippen molar-refractivity contribution in [1.29, 1.82) is 0 Å². The van der Waals surface area contributed by atoms with Crippen LogP contribution >= 0.6 is 11.6 Å². The SMILES string of the molecule is COCOc1cc2nn(C)cc2cc1-c1ccc2nc(Cl)ccc2n1. The Morgan fingerprint density at radius 3 is 2.68 bits per heavy atom. The number of ether oxygens (including phenoxy) is 2. The van der Waals surface area contributed by atoms with Gasteiger partial charge in [-0.15, -0.1) is 0 Å². The Bertz CT molecular complexity index is 1080. The van der Waals surface area contributed by atoms with Crippen molar-refractivity contribution in [3.05, 3.63) is 47.7 Å². The van der Waals surface area contributed by atoms with Crippen LogP contribution in [0.1, 0.15) is 0 Å². The lowest BCUT2D eigenvalue weighted by molar-refractivity contribution is 0.0516. The molecule has 126 valence electrons. The Labute approximate surface area is 149 Å². The van der Waals surface area contributed by atoms with Crippen molar-refractivity contribution in [2.75, 3.05) is 13.9 Å². The number of halogens is 1. The molecular formula is C18H15ClN4O2. The summed E-state index contributed by atoms with van der Waals surface area (Å²) in [7, 11) is 3.47. The Balaban J connectivity index is 1.89. The smallest absolute Gasteiger partial charge is 0.188 e. The van der Waals surface area contributed by atoms with Crippen LogP contribution in [0.3, 0.4) is 0 Å². The van der Waals surface area contributed by atoms with Gasteiger partial charge in [-0.1, -0.05) is 11.6 Å². The van der Waals surface area contributed by atoms with Crippen molar-refractivity contribution in [2.24, 2.45) is 7.05 Å². The molecule has 25 heavy (non-hydrogen) atoms. The molecule has 0 saturated carbocycles. The van der Waals surface area contributed by atoms with Crippen LogP contribution in [0.25, 0.3) is 33.2 Å². The molecule has 7 heteroatoms. The van der Waals surface area contributed by atoms with Crippen LogP contribution in [0.5, 0.6) is 5.75 Å². The van der Waals surface area contributed by atoms with E-state index >= 15 is 0 Å². The predicted molar refractivity (Wildman–Crippen MR) is 96.8 cm³/mol. The van der Waals surface area contributed by atoms with E-state index in [1.807, 2.05) is 43.6 Å². The summed E-state index contributed by atoms with van der Waals surface area (Å²) in [6.07, 6.45) is 1.96. The van der Waals surface area contributed by atoms with Gasteiger partial charge in [-0.2, -0.15) is 5.10 Å². The van der Waals surface area contributed by atoms with Crippen molar-refractivity contribution in [2.45, 2.75) is 0 Å². The van der Waals surface area contributed by atoms with Crippen LogP contribution in [0.2, 0.25) is 5.15 Å². The predicted octanol–water partition coefficient (Wildman–Crippen LogP) is 3.82. The lowest BCUT2D eigenvalue weighted by atomic mass is 10.1. The van der Waals surface area contributed by atoms with Gasteiger partial charge in [-0.25, -0.2) is 9.97 Å². The van der Waals surface area contributed by atoms with Gasteiger partial charge >= 0.3 is 0 Å². The van der Waals surface area contributed by atoms with Crippen molar-refractivity contribution in [3.63, 3.8) is 0 Å². The van der Waals surface area contributed by atoms with Crippen molar-refractivity contribution in [1.82, 2.24) is 19.7 Å². The van der Waals surface area contributed by atoms with Gasteiger partial charge in [0.1, 0.15) is 10.9 Å². The molecule has 6 nitrogen and oxygen atoms in total. The first-order chi connectivity index (χ1) is 12.1. The summed E-state index contributed by atoms with van der Waals surface area (Å²) in [5.74, 6) is 0.668. The van der Waals surface area contributed by atoms with E-state index in [0.29, 0.717) is 10.9 Å². The topological polar surface area (TPSA) is 62.1 Å². The maximum Gasteiger partial charge on any atom is 0.188 e. The molecule has 0 bridgehead atoms. The van der Waals surface area contributed by atoms with Crippen LogP contribution in [0.15, 0.2) is 42.6 Å². The molecule has 0 atom stereocenters. The van der Waals surface area contributed by atoms with E-state index in [1.165, 1.54) is 0 Å². The fourth-order valence-corrected chi connectivity index (χ4v) is 2.91. The van der Waals surface area contributed by atoms with Crippen LogP contribution < -0.4 is 4.74 Å². The molecule has 0 saturated heterocycles. The third-order valence-corrected chi connectivity index (χ3v) is 4.05. The molecule has 0 fully saturated rings. The normalized spacial score (nSPS) is 11.3. The van der Waals surface area contributed by atoms with E-state index in [2.05, 4.69) is 10.1 Å². The molecule has 0 unspecified atom stereocenters. The minimum absolute atomic E-state index is 0.149. The van der Waals surface area contributed by atoms with Crippen LogP contribution in [0, 0.1) is 0 Å². The number of benzene rings is 1. The molecule has 3 heterocycles. The largest absolute Gasteiger partial charge is 0.467 e. The molecule has 0 spiro atoms. The Kier molecular flexibility index (Phi) is 3.99. The Hall–Kier alpha value is -2.70. The molecule has 4 aromatic rings. The summed E-state index contributed by atoms with van der Waals surface area (Å²) in [4.78, 5) is 8.97. The van der Waals surface area contributed by atoms with Crippen LogP contribution in [-0.2, 0) is 11.8 Å². The summed E-state index contributed by atoms with van der Waals surface area (Å²) in [5, 5.41) is 5.89. The van der Waals surface area contributed by atoms with Crippen LogP contribution in [0.4, 0.5) is 0 Å². The highest BCUT2D eigenvalue weighted by Crippen LogP contribution is 2.33. The fourth-order valence-electron chi connectivity index (χ4n) is 2.75. The lowest BCUT2D eigenvalue weighted by Gasteiger charge is -2.11. The van der Waals surface area contributed by atoms with E-state index in [9.17, 15) is 0 Å². The van der Waals surface area contributed by atoms with Crippen molar-refractivity contribution >= 4 is 33.5 Å². The van der Waals surface area contributed by atoms with Gasteiger partial charge in [0, 0.05) is 37.4 Å². The van der Waals surface area contributed by atoms with E-state index in [1.54, 1.807) is 17.9 Å². The van der Waals surface area contributed by atoms with Crippen molar-refractivity contribution < 1.29 is 9.47 Å². The highest BCUT2D eigenvalue weighted by Gasteiger charge is 2.13. The quantitative estimate of drug-likeness (QED) is 0.412. The standard InChI is InChI=1S/C18H15ClN4O2/c1-23-9-11-7-12(17(25-10-24-2)8-16(11)22-23)13-3-4-15-14(20-13)5-6-18(19)21-15/h3-9H,10H2,1-2H3. The highest BCUT2D eigenvalue weighted by atomic mass is 35.5. The fraction of sp³-hybridized carbons (Fsp3) is 0.167. The average Bonchev–Trinajstić information content (AvgIpc) is 2.97. The molecule has 0 aliphatic rings. The third-order valence-electron chi connectivity index (χ3n) is 3.84. The zero-order valence-corrected chi connectivity index (χ0v) is 14.5. The zero-order chi connectivity index (χ0) is 17.4. The summed E-state index contributed by atoms with van der Waals surface area (Å²) < 4.78 is 12.6. The summed E-state index contributed by atoms with van der Waals surface area (Å²) in [6, 6.07) is 11.3. The number of fused-ring (bicyclic) bond motifs is 2. The Morgan fingerprint density at radius 1 is 1.04 bits per heavy atom. The van der Waals surface area contributed by atoms with Gasteiger partial charge in [0.2, 0.25) is 0 Å². The second-order valence-corrected chi connectivity index (χ2v) is 6.02. The molecule has 4 rings (SSSR count). The van der Waals surface area contributed by atoms with Gasteiger partial charge in [0.05, 0.1) is 22.2 Å². The zero-order valence-electron chi connectivity index (χ0n) is 13.7. The number of aromatic nitrogens is 4. The number of nitrogens with zero attached hydrogens (tertiary/aromatic N) is 4. The lowest BCUT2D eigenvalue weighted by Crippen LogP contribution is -2.01. The maximum absolute atomic E-state index is 5.94. The Morgan fingerprint density at radius 2 is 1.84 bits per heavy atom. The van der Waals surface area contributed by atoms with E-state index in [4.69, 9.17) is 26.1 Å². The number of methoxy groups -OCH3 is 1. The second-order valence-electron chi connectivity index (χ2n) is 5.63. The van der Waals surface area contributed by atoms with Crippen molar-refractivity contribution in [3.8, 4) is 17.0 Å². The van der Waals surface area contributed by atoms with Gasteiger partial charge in [-0.05, 0) is 30.3 Å². The second kappa shape index (κ2) is 6.31. The van der Waals surface area contributed by atoms with Crippen LogP contribution in [-0.4, -0.2) is 33.7 Å². The summed E-state index contributed by atoms with van der Waals surface area (Å²) >= 11 is 5.94. The molecule has 0 aliphatic carbocycles. The highest BCUT2D eigenvalue weighted by molar-refractivity contribution is 6.29. The number of hydrogen-bond acceptors (Lipinski definition) is 5. The minimum Gasteiger partial charge on any atom is -0.467 e. The third kappa shape index (κ3) is 3.01. The van der Waals surface area contributed by atoms with E-state index < -0.39 is 0 Å². The molecule has 0 amide bonds. The van der Waals surface area contributed by atoms with E-state index in [0.717, 1.165) is 33.2 Å². The van der Waals surface area contributed by atoms with Gasteiger partial charge in [0.25, 0.3) is 0 Å². The van der Waals surface area contributed by atoms with Gasteiger partial charge < -0.3 is 9.47 Å². The molecule has 0 N–H and O–H groups in total. The first-order valence-corrected chi connectivity index (χ1v) is 8.04. The minimum atomic E-state index is 0.149. The molecule has 0 radical (unpaired) electrons. The number of pyridine rings is 2. The number of rotatable bonds is 4. The molecule has 3 aromatic heterocycles. The molecule has 0 aliphatic heterocycles. The van der Waals surface area contributed by atoms with Gasteiger partial charge in [-0.3, -0.25) is 4.68 Å². The maximum atomic E-state index is 5.94. The number of hydrogen-bond donors (Lipinski definition) is 0. The summed E-state index contributed by atoms with van der Waals surface area (Å²) in [6.45, 7) is 0.149. The number of aryl methyl sites for hydroxylation is 1. The summed E-state index contributed by atoms with van der Waals surface area (Å²) in [5.41, 5.74) is 4.03.